The van der Waals surface area contributed by atoms with Gasteiger partial charge in [0, 0.05) is 42.1 Å². The van der Waals surface area contributed by atoms with Crippen molar-refractivity contribution in [3.63, 3.8) is 0 Å². The molecule has 0 amide bonds. The summed E-state index contributed by atoms with van der Waals surface area (Å²) in [5.41, 5.74) is 0. The summed E-state index contributed by atoms with van der Waals surface area (Å²) in [6.07, 6.45) is 1.77. The molecule has 0 saturated carbocycles. The lowest BCUT2D eigenvalue weighted by molar-refractivity contribution is 0.215. The van der Waals surface area contributed by atoms with Crippen LogP contribution in [-0.2, 0) is 6.54 Å². The number of piperazine rings is 1. The fraction of sp³-hybridized carbons (Fsp3) is 0.625. The molecule has 1 aromatic rings. The van der Waals surface area contributed by atoms with Crippen LogP contribution in [-0.4, -0.2) is 36.1 Å². The van der Waals surface area contributed by atoms with Crippen LogP contribution in [0.25, 0.3) is 0 Å². The molecule has 4 nitrogen and oxygen atoms in total. The average Bonchev–Trinajstić information content (AvgIpc) is 2.53. The van der Waals surface area contributed by atoms with Gasteiger partial charge in [0.1, 0.15) is 5.76 Å². The normalized spacial score (nSPS) is 19.2. The van der Waals surface area contributed by atoms with Crippen molar-refractivity contribution < 1.29 is 4.42 Å². The first kappa shape index (κ1) is 9.18. The van der Waals surface area contributed by atoms with Crippen LogP contribution in [0.3, 0.4) is 0 Å². The molecule has 1 aromatic heterocycles. The first-order valence-corrected chi connectivity index (χ1v) is 5.17. The molecule has 1 saturated heterocycles. The van der Waals surface area contributed by atoms with Crippen molar-refractivity contribution in [3.8, 4) is 0 Å². The van der Waals surface area contributed by atoms with E-state index >= 15 is 0 Å². The van der Waals surface area contributed by atoms with Crippen LogP contribution in [0.4, 0.5) is 0 Å². The number of hydrogen-bond acceptors (Lipinski definition) is 4. The minimum absolute atomic E-state index is 0.567. The highest BCUT2D eigenvalue weighted by molar-refractivity contribution is 9.10. The van der Waals surface area contributed by atoms with Gasteiger partial charge in [-0.3, -0.25) is 4.90 Å². The molecule has 2 rings (SSSR count). The Morgan fingerprint density at radius 3 is 2.92 bits per heavy atom. The first-order valence-electron chi connectivity index (χ1n) is 4.38. The maximum Gasteiger partial charge on any atom is 0.264 e. The molecule has 72 valence electrons. The second-order valence-corrected chi connectivity index (χ2v) is 3.78. The summed E-state index contributed by atoms with van der Waals surface area (Å²) in [6.45, 7) is 5.15. The third-order valence-electron chi connectivity index (χ3n) is 2.11. The van der Waals surface area contributed by atoms with E-state index < -0.39 is 0 Å². The topological polar surface area (TPSA) is 41.3 Å². The zero-order valence-corrected chi connectivity index (χ0v) is 8.88. The molecule has 0 bridgehead atoms. The molecular formula is C8H12BrN3O. The smallest absolute Gasteiger partial charge is 0.264 e. The molecule has 2 heterocycles. The maximum atomic E-state index is 5.33. The summed E-state index contributed by atoms with van der Waals surface area (Å²) in [5.74, 6) is 0.925. The van der Waals surface area contributed by atoms with E-state index in [1.54, 1.807) is 6.20 Å². The summed E-state index contributed by atoms with van der Waals surface area (Å²) < 4.78 is 5.33. The Balaban J connectivity index is 1.89. The summed E-state index contributed by atoms with van der Waals surface area (Å²) in [5, 5.41) is 3.31. The summed E-state index contributed by atoms with van der Waals surface area (Å²) >= 11 is 3.19. The summed E-state index contributed by atoms with van der Waals surface area (Å²) in [4.78, 5) is 6.91. The Labute approximate surface area is 85.4 Å². The van der Waals surface area contributed by atoms with Gasteiger partial charge in [-0.2, -0.15) is 0 Å². The standard InChI is InChI=1S/C8H12BrN3O/c9-8-11-5-7(13-8)6-12-3-1-10-2-4-12/h5,10H,1-4,6H2. The number of nitrogens with one attached hydrogen (secondary N) is 1. The zero-order chi connectivity index (χ0) is 9.10. The fourth-order valence-corrected chi connectivity index (χ4v) is 1.76. The average molecular weight is 246 g/mol. The fourth-order valence-electron chi connectivity index (χ4n) is 1.45. The molecule has 0 spiro atoms. The molecule has 0 aliphatic carbocycles. The molecule has 1 aliphatic heterocycles. The third kappa shape index (κ3) is 2.52. The first-order chi connectivity index (χ1) is 6.34. The van der Waals surface area contributed by atoms with Gasteiger partial charge < -0.3 is 9.73 Å². The van der Waals surface area contributed by atoms with E-state index in [-0.39, 0.29) is 0 Å². The Morgan fingerprint density at radius 1 is 1.54 bits per heavy atom. The Bertz CT molecular complexity index is 270. The number of halogens is 1. The Morgan fingerprint density at radius 2 is 2.31 bits per heavy atom. The molecule has 5 heteroatoms. The molecule has 0 aromatic carbocycles. The van der Waals surface area contributed by atoms with E-state index in [0.717, 1.165) is 38.5 Å². The van der Waals surface area contributed by atoms with Crippen LogP contribution in [0.5, 0.6) is 0 Å². The van der Waals surface area contributed by atoms with Crippen LogP contribution >= 0.6 is 15.9 Å². The number of nitrogens with zero attached hydrogens (tertiary/aromatic N) is 2. The largest absolute Gasteiger partial charge is 0.435 e. The van der Waals surface area contributed by atoms with Crippen molar-refractivity contribution in [1.29, 1.82) is 0 Å². The maximum absolute atomic E-state index is 5.33. The van der Waals surface area contributed by atoms with E-state index in [4.69, 9.17) is 4.42 Å². The van der Waals surface area contributed by atoms with Gasteiger partial charge in [0.05, 0.1) is 12.7 Å². The highest BCUT2D eigenvalue weighted by Gasteiger charge is 2.11. The number of rotatable bonds is 2. The molecule has 0 atom stereocenters. The van der Waals surface area contributed by atoms with E-state index in [0.29, 0.717) is 4.80 Å². The Hall–Kier alpha value is -0.390. The van der Waals surface area contributed by atoms with Gasteiger partial charge in [-0.1, -0.05) is 0 Å². The zero-order valence-electron chi connectivity index (χ0n) is 7.29. The van der Waals surface area contributed by atoms with E-state index in [9.17, 15) is 0 Å². The van der Waals surface area contributed by atoms with Crippen LogP contribution < -0.4 is 5.32 Å². The number of hydrogen-bond donors (Lipinski definition) is 1. The molecule has 1 N–H and O–H groups in total. The molecule has 1 fully saturated rings. The minimum atomic E-state index is 0.567. The number of aromatic nitrogens is 1. The van der Waals surface area contributed by atoms with Crippen molar-refractivity contribution in [2.75, 3.05) is 26.2 Å². The minimum Gasteiger partial charge on any atom is -0.435 e. The van der Waals surface area contributed by atoms with E-state index in [1.165, 1.54) is 0 Å². The quantitative estimate of drug-likeness (QED) is 0.839. The SMILES string of the molecule is Brc1ncc(CN2CCNCC2)o1. The summed E-state index contributed by atoms with van der Waals surface area (Å²) in [7, 11) is 0. The van der Waals surface area contributed by atoms with Crippen molar-refractivity contribution in [3.05, 3.63) is 16.8 Å². The molecular weight excluding hydrogens is 234 g/mol. The third-order valence-corrected chi connectivity index (χ3v) is 2.48. The monoisotopic (exact) mass is 245 g/mol. The number of oxazole rings is 1. The van der Waals surface area contributed by atoms with Crippen LogP contribution in [0.1, 0.15) is 5.76 Å². The van der Waals surface area contributed by atoms with Crippen molar-refractivity contribution in [2.45, 2.75) is 6.54 Å². The lowest BCUT2D eigenvalue weighted by Gasteiger charge is -2.25. The van der Waals surface area contributed by atoms with E-state index in [1.807, 2.05) is 0 Å². The van der Waals surface area contributed by atoms with Crippen molar-refractivity contribution in [2.24, 2.45) is 0 Å². The predicted octanol–water partition coefficient (Wildman–Crippen LogP) is 0.842. The second kappa shape index (κ2) is 4.21. The second-order valence-electron chi connectivity index (χ2n) is 3.11. The van der Waals surface area contributed by atoms with Crippen LogP contribution in [0.2, 0.25) is 0 Å². The van der Waals surface area contributed by atoms with E-state index in [2.05, 4.69) is 31.1 Å². The Kier molecular flexibility index (Phi) is 2.97. The highest BCUT2D eigenvalue weighted by atomic mass is 79.9. The van der Waals surface area contributed by atoms with Crippen LogP contribution in [0, 0.1) is 0 Å². The predicted molar refractivity (Wildman–Crippen MR) is 52.3 cm³/mol. The van der Waals surface area contributed by atoms with Gasteiger partial charge in [0.25, 0.3) is 4.80 Å². The highest BCUT2D eigenvalue weighted by Crippen LogP contribution is 2.12. The molecule has 13 heavy (non-hydrogen) atoms. The van der Waals surface area contributed by atoms with Gasteiger partial charge in [0.2, 0.25) is 0 Å². The molecule has 0 unspecified atom stereocenters. The van der Waals surface area contributed by atoms with Gasteiger partial charge in [-0.15, -0.1) is 0 Å². The van der Waals surface area contributed by atoms with Crippen LogP contribution in [0.15, 0.2) is 15.4 Å². The lowest BCUT2D eigenvalue weighted by Crippen LogP contribution is -2.42. The molecule has 1 aliphatic rings. The van der Waals surface area contributed by atoms with Gasteiger partial charge in [-0.05, 0) is 0 Å². The molecule has 0 radical (unpaired) electrons. The van der Waals surface area contributed by atoms with Crippen molar-refractivity contribution >= 4 is 15.9 Å². The van der Waals surface area contributed by atoms with Gasteiger partial charge in [-0.25, -0.2) is 4.98 Å². The van der Waals surface area contributed by atoms with Gasteiger partial charge in [0.15, 0.2) is 0 Å². The lowest BCUT2D eigenvalue weighted by atomic mass is 10.3. The van der Waals surface area contributed by atoms with Gasteiger partial charge >= 0.3 is 0 Å². The van der Waals surface area contributed by atoms with Crippen molar-refractivity contribution in [1.82, 2.24) is 15.2 Å². The summed E-state index contributed by atoms with van der Waals surface area (Å²) in [6, 6.07) is 0.